The average Bonchev–Trinajstić information content (AvgIpc) is 2.16. The smallest absolute Gasteiger partial charge is 0.0632 e. The van der Waals surface area contributed by atoms with Gasteiger partial charge in [0.1, 0.15) is 0 Å². The number of benzene rings is 1. The predicted molar refractivity (Wildman–Crippen MR) is 54.3 cm³/mol. The molecule has 0 fully saturated rings. The summed E-state index contributed by atoms with van der Waals surface area (Å²) in [5, 5.41) is 13.0. The van der Waals surface area contributed by atoms with E-state index in [1.165, 1.54) is 5.56 Å². The van der Waals surface area contributed by atoms with Crippen LogP contribution in [0.1, 0.15) is 12.0 Å². The number of anilines is 1. The van der Waals surface area contributed by atoms with Gasteiger partial charge in [0.2, 0.25) is 0 Å². The predicted octanol–water partition coefficient (Wildman–Crippen LogP) is 2.06. The zero-order valence-electron chi connectivity index (χ0n) is 7.26. The van der Waals surface area contributed by atoms with Crippen molar-refractivity contribution in [2.75, 3.05) is 11.9 Å². The molecule has 1 atom stereocenters. The van der Waals surface area contributed by atoms with Crippen LogP contribution in [0.25, 0.3) is 0 Å². The summed E-state index contributed by atoms with van der Waals surface area (Å²) in [5.41, 5.74) is 2.35. The summed E-state index contributed by atoms with van der Waals surface area (Å²) in [5.74, 6) is 0. The lowest BCUT2D eigenvalue weighted by Gasteiger charge is -2.25. The third kappa shape index (κ3) is 1.79. The molecule has 0 aromatic heterocycles. The first-order valence-corrected chi connectivity index (χ1v) is 4.83. The van der Waals surface area contributed by atoms with Crippen molar-refractivity contribution in [2.24, 2.45) is 0 Å². The van der Waals surface area contributed by atoms with E-state index in [2.05, 4.69) is 5.32 Å². The Morgan fingerprint density at radius 1 is 1.54 bits per heavy atom. The highest BCUT2D eigenvalue weighted by Gasteiger charge is 2.16. The molecule has 0 radical (unpaired) electrons. The molecule has 0 saturated heterocycles. The second-order valence-electron chi connectivity index (χ2n) is 3.36. The van der Waals surface area contributed by atoms with Crippen LogP contribution in [-0.4, -0.2) is 17.8 Å². The summed E-state index contributed by atoms with van der Waals surface area (Å²) < 4.78 is 0. The van der Waals surface area contributed by atoms with Crippen molar-refractivity contribution in [2.45, 2.75) is 18.9 Å². The third-order valence-electron chi connectivity index (χ3n) is 2.41. The molecule has 1 aliphatic rings. The van der Waals surface area contributed by atoms with Crippen molar-refractivity contribution in [3.05, 3.63) is 28.8 Å². The highest BCUT2D eigenvalue weighted by Crippen LogP contribution is 2.27. The van der Waals surface area contributed by atoms with Gasteiger partial charge in [-0.25, -0.2) is 0 Å². The minimum Gasteiger partial charge on any atom is -0.394 e. The first-order chi connectivity index (χ1) is 6.29. The Balaban J connectivity index is 2.27. The monoisotopic (exact) mass is 197 g/mol. The van der Waals surface area contributed by atoms with Gasteiger partial charge >= 0.3 is 0 Å². The van der Waals surface area contributed by atoms with Crippen LogP contribution in [0.3, 0.4) is 0 Å². The quantitative estimate of drug-likeness (QED) is 0.723. The van der Waals surface area contributed by atoms with Crippen LogP contribution >= 0.6 is 11.6 Å². The Morgan fingerprint density at radius 3 is 3.15 bits per heavy atom. The minimum atomic E-state index is 0.186. The van der Waals surface area contributed by atoms with E-state index in [0.717, 1.165) is 23.6 Å². The molecule has 0 bridgehead atoms. The van der Waals surface area contributed by atoms with Crippen LogP contribution in [-0.2, 0) is 6.42 Å². The van der Waals surface area contributed by atoms with Crippen LogP contribution in [0.2, 0.25) is 5.02 Å². The standard InChI is InChI=1S/C10H12ClNO/c11-8-3-1-7-2-4-9(6-13)12-10(7)5-8/h1,3,5,9,12-13H,2,4,6H2. The molecule has 1 heterocycles. The summed E-state index contributed by atoms with van der Waals surface area (Å²) in [6, 6.07) is 6.05. The molecule has 1 aromatic carbocycles. The lowest BCUT2D eigenvalue weighted by molar-refractivity contribution is 0.267. The van der Waals surface area contributed by atoms with Crippen LogP contribution in [0.15, 0.2) is 18.2 Å². The van der Waals surface area contributed by atoms with Crippen molar-refractivity contribution in [3.8, 4) is 0 Å². The first-order valence-electron chi connectivity index (χ1n) is 4.45. The fraction of sp³-hybridized carbons (Fsp3) is 0.400. The number of rotatable bonds is 1. The number of aryl methyl sites for hydroxylation is 1. The molecule has 3 heteroatoms. The summed E-state index contributed by atoms with van der Waals surface area (Å²) >= 11 is 5.87. The Morgan fingerprint density at radius 2 is 2.38 bits per heavy atom. The van der Waals surface area contributed by atoms with E-state index in [4.69, 9.17) is 16.7 Å². The number of aliphatic hydroxyl groups is 1. The Hall–Kier alpha value is -0.730. The molecule has 2 nitrogen and oxygen atoms in total. The van der Waals surface area contributed by atoms with E-state index in [0.29, 0.717) is 0 Å². The van der Waals surface area contributed by atoms with Gasteiger partial charge in [0.15, 0.2) is 0 Å². The maximum atomic E-state index is 8.99. The third-order valence-corrected chi connectivity index (χ3v) is 2.65. The molecule has 1 aromatic rings. The van der Waals surface area contributed by atoms with E-state index in [1.807, 2.05) is 18.2 Å². The fourth-order valence-electron chi connectivity index (χ4n) is 1.66. The number of hydrogen-bond donors (Lipinski definition) is 2. The maximum Gasteiger partial charge on any atom is 0.0632 e. The molecule has 13 heavy (non-hydrogen) atoms. The Bertz CT molecular complexity index is 314. The molecule has 0 saturated carbocycles. The number of nitrogens with one attached hydrogen (secondary N) is 1. The lowest BCUT2D eigenvalue weighted by Crippen LogP contribution is -2.28. The van der Waals surface area contributed by atoms with Gasteiger partial charge in [-0.1, -0.05) is 17.7 Å². The van der Waals surface area contributed by atoms with Gasteiger partial charge in [-0.15, -0.1) is 0 Å². The second kappa shape index (κ2) is 3.56. The van der Waals surface area contributed by atoms with Gasteiger partial charge in [-0.3, -0.25) is 0 Å². The second-order valence-corrected chi connectivity index (χ2v) is 3.80. The van der Waals surface area contributed by atoms with Crippen LogP contribution in [0, 0.1) is 0 Å². The summed E-state index contributed by atoms with van der Waals surface area (Å²) in [7, 11) is 0. The lowest BCUT2D eigenvalue weighted by atomic mass is 9.99. The van der Waals surface area contributed by atoms with Crippen molar-refractivity contribution in [3.63, 3.8) is 0 Å². The molecule has 1 aliphatic heterocycles. The highest BCUT2D eigenvalue weighted by molar-refractivity contribution is 6.30. The summed E-state index contributed by atoms with van der Waals surface area (Å²) in [6.45, 7) is 0.186. The Kier molecular flexibility index (Phi) is 2.42. The van der Waals surface area contributed by atoms with Crippen molar-refractivity contribution < 1.29 is 5.11 Å². The van der Waals surface area contributed by atoms with Crippen molar-refractivity contribution >= 4 is 17.3 Å². The SMILES string of the molecule is OCC1CCc2ccc(Cl)cc2N1. The number of hydrogen-bond acceptors (Lipinski definition) is 2. The number of fused-ring (bicyclic) bond motifs is 1. The topological polar surface area (TPSA) is 32.3 Å². The fourth-order valence-corrected chi connectivity index (χ4v) is 1.83. The van der Waals surface area contributed by atoms with Crippen molar-refractivity contribution in [1.82, 2.24) is 0 Å². The van der Waals surface area contributed by atoms with Gasteiger partial charge in [-0.05, 0) is 30.5 Å². The Labute approximate surface area is 82.5 Å². The molecule has 0 aliphatic carbocycles. The van der Waals surface area contributed by atoms with Gasteiger partial charge in [0, 0.05) is 16.8 Å². The molecule has 0 spiro atoms. The largest absolute Gasteiger partial charge is 0.394 e. The zero-order valence-corrected chi connectivity index (χ0v) is 8.01. The zero-order chi connectivity index (χ0) is 9.26. The van der Waals surface area contributed by atoms with Crippen LogP contribution in [0.4, 0.5) is 5.69 Å². The van der Waals surface area contributed by atoms with Crippen molar-refractivity contribution in [1.29, 1.82) is 0 Å². The van der Waals surface area contributed by atoms with Crippen LogP contribution < -0.4 is 5.32 Å². The average molecular weight is 198 g/mol. The van der Waals surface area contributed by atoms with E-state index in [1.54, 1.807) is 0 Å². The molecule has 0 amide bonds. The highest BCUT2D eigenvalue weighted by atomic mass is 35.5. The van der Waals surface area contributed by atoms with E-state index >= 15 is 0 Å². The van der Waals surface area contributed by atoms with Crippen LogP contribution in [0.5, 0.6) is 0 Å². The molecular formula is C10H12ClNO. The molecule has 70 valence electrons. The summed E-state index contributed by atoms with van der Waals surface area (Å²) in [4.78, 5) is 0. The van der Waals surface area contributed by atoms with E-state index in [-0.39, 0.29) is 12.6 Å². The van der Waals surface area contributed by atoms with E-state index in [9.17, 15) is 0 Å². The van der Waals surface area contributed by atoms with Gasteiger partial charge in [0.25, 0.3) is 0 Å². The van der Waals surface area contributed by atoms with Gasteiger partial charge < -0.3 is 10.4 Å². The first kappa shape index (κ1) is 8.85. The maximum absolute atomic E-state index is 8.99. The molecular weight excluding hydrogens is 186 g/mol. The molecule has 2 N–H and O–H groups in total. The number of halogens is 1. The van der Waals surface area contributed by atoms with Gasteiger partial charge in [0.05, 0.1) is 6.61 Å². The van der Waals surface area contributed by atoms with Gasteiger partial charge in [-0.2, -0.15) is 0 Å². The summed E-state index contributed by atoms with van der Waals surface area (Å²) in [6.07, 6.45) is 2.01. The molecule has 1 unspecified atom stereocenters. The minimum absolute atomic E-state index is 0.186. The number of aliphatic hydroxyl groups excluding tert-OH is 1. The normalized spacial score (nSPS) is 20.6. The molecule has 2 rings (SSSR count). The van der Waals surface area contributed by atoms with E-state index < -0.39 is 0 Å².